The second kappa shape index (κ2) is 11.0. The quantitative estimate of drug-likeness (QED) is 0.268. The Labute approximate surface area is 269 Å². The number of carbonyl (C=O) groups excluding carboxylic acids is 2. The summed E-state index contributed by atoms with van der Waals surface area (Å²) in [5.41, 5.74) is 1.38. The van der Waals surface area contributed by atoms with E-state index < -0.39 is 36.7 Å². The third-order valence-corrected chi connectivity index (χ3v) is 11.1. The van der Waals surface area contributed by atoms with Crippen molar-refractivity contribution in [3.05, 3.63) is 93.2 Å². The highest BCUT2D eigenvalue weighted by molar-refractivity contribution is 7.98. The second-order valence-electron chi connectivity index (χ2n) is 12.8. The first-order valence-corrected chi connectivity index (χ1v) is 16.7. The Morgan fingerprint density at radius 2 is 1.98 bits per heavy atom. The molecular formula is C34H34FN3O7S. The number of benzene rings is 2. The molecule has 0 radical (unpaired) electrons. The largest absolute Gasteiger partial charge is 0.511 e. The molecule has 0 saturated carbocycles. The minimum atomic E-state index is -0.954. The van der Waals surface area contributed by atoms with Crippen molar-refractivity contribution in [1.29, 1.82) is 0 Å². The molecule has 2 bridgehead atoms. The van der Waals surface area contributed by atoms with Crippen LogP contribution in [-0.2, 0) is 20.0 Å². The van der Waals surface area contributed by atoms with Gasteiger partial charge in [-0.1, -0.05) is 30.3 Å². The van der Waals surface area contributed by atoms with Gasteiger partial charge in [-0.05, 0) is 62.8 Å². The van der Waals surface area contributed by atoms with E-state index in [1.807, 2.05) is 30.3 Å². The summed E-state index contributed by atoms with van der Waals surface area (Å²) in [5.74, 6) is -0.415. The van der Waals surface area contributed by atoms with Crippen LogP contribution in [0.25, 0.3) is 0 Å². The second-order valence-corrected chi connectivity index (χ2v) is 13.8. The van der Waals surface area contributed by atoms with Crippen LogP contribution < -0.4 is 15.2 Å². The number of hydrogen-bond acceptors (Lipinski definition) is 9. The van der Waals surface area contributed by atoms with E-state index in [1.165, 1.54) is 12.1 Å². The first kappa shape index (κ1) is 29.4. The molecule has 1 aromatic heterocycles. The molecular weight excluding hydrogens is 613 g/mol. The first-order valence-electron chi connectivity index (χ1n) is 15.7. The predicted octanol–water partition coefficient (Wildman–Crippen LogP) is 5.34. The molecule has 2 aromatic carbocycles. The summed E-state index contributed by atoms with van der Waals surface area (Å²) in [7, 11) is 0. The number of nitrogens with zero attached hydrogens (tertiary/aromatic N) is 3. The van der Waals surface area contributed by atoms with E-state index in [-0.39, 0.29) is 40.8 Å². The lowest BCUT2D eigenvalue weighted by molar-refractivity contribution is -0.0758. The average molecular weight is 648 g/mol. The van der Waals surface area contributed by atoms with E-state index in [0.717, 1.165) is 35.3 Å². The van der Waals surface area contributed by atoms with Gasteiger partial charge in [0.15, 0.2) is 5.69 Å². The predicted molar refractivity (Wildman–Crippen MR) is 166 cm³/mol. The van der Waals surface area contributed by atoms with Gasteiger partial charge in [-0.15, -0.1) is 11.8 Å². The van der Waals surface area contributed by atoms with Gasteiger partial charge in [-0.2, -0.15) is 0 Å². The number of halogens is 1. The highest BCUT2D eigenvalue weighted by atomic mass is 32.2. The zero-order valence-corrected chi connectivity index (χ0v) is 26.3. The maximum absolute atomic E-state index is 16.2. The number of fused-ring (bicyclic) bond motifs is 6. The lowest BCUT2D eigenvalue weighted by Crippen LogP contribution is -2.70. The molecule has 8 rings (SSSR count). The van der Waals surface area contributed by atoms with Crippen LogP contribution in [-0.4, -0.2) is 59.0 Å². The average Bonchev–Trinajstić information content (AvgIpc) is 3.56. The normalized spacial score (nSPS) is 27.3. The van der Waals surface area contributed by atoms with E-state index >= 15 is 4.39 Å². The molecule has 1 amide bonds. The van der Waals surface area contributed by atoms with Crippen molar-refractivity contribution in [3.63, 3.8) is 0 Å². The van der Waals surface area contributed by atoms with Gasteiger partial charge < -0.3 is 23.8 Å². The van der Waals surface area contributed by atoms with Crippen LogP contribution in [0.2, 0.25) is 0 Å². The van der Waals surface area contributed by atoms with Crippen LogP contribution in [0, 0.1) is 11.7 Å². The van der Waals surface area contributed by atoms with Crippen LogP contribution in [0.4, 0.5) is 9.18 Å². The summed E-state index contributed by atoms with van der Waals surface area (Å²) in [5, 5.41) is 2.07. The molecule has 0 aliphatic carbocycles. The van der Waals surface area contributed by atoms with Crippen LogP contribution in [0.5, 0.6) is 5.75 Å². The molecule has 1 spiro atoms. The summed E-state index contributed by atoms with van der Waals surface area (Å²) in [4.78, 5) is 42.7. The summed E-state index contributed by atoms with van der Waals surface area (Å²) in [6.45, 7) is 3.13. The molecule has 3 fully saturated rings. The fourth-order valence-corrected chi connectivity index (χ4v) is 9.22. The molecule has 5 atom stereocenters. The van der Waals surface area contributed by atoms with Crippen LogP contribution in [0.3, 0.4) is 0 Å². The Balaban J connectivity index is 1.32. The molecule has 12 heteroatoms. The smallest absolute Gasteiger partial charge is 0.451 e. The fourth-order valence-electron chi connectivity index (χ4n) is 8.14. The Morgan fingerprint density at radius 3 is 2.80 bits per heavy atom. The number of pyridine rings is 1. The number of carbonyl (C=O) groups is 2. The third kappa shape index (κ3) is 4.51. The number of rotatable bonds is 5. The van der Waals surface area contributed by atoms with Gasteiger partial charge >= 0.3 is 6.16 Å². The molecule has 46 heavy (non-hydrogen) atoms. The summed E-state index contributed by atoms with van der Waals surface area (Å²) >= 11 is 1.65. The van der Waals surface area contributed by atoms with Gasteiger partial charge in [0.25, 0.3) is 5.91 Å². The molecule has 0 unspecified atom stereocenters. The van der Waals surface area contributed by atoms with Gasteiger partial charge in [0.05, 0.1) is 17.8 Å². The molecule has 240 valence electrons. The maximum Gasteiger partial charge on any atom is 0.511 e. The number of thioether (sulfide) groups is 1. The number of aromatic nitrogens is 1. The van der Waals surface area contributed by atoms with E-state index in [4.69, 9.17) is 18.9 Å². The van der Waals surface area contributed by atoms with Crippen molar-refractivity contribution < 1.29 is 32.9 Å². The van der Waals surface area contributed by atoms with Gasteiger partial charge in [-0.25, -0.2) is 9.18 Å². The van der Waals surface area contributed by atoms with Crippen LogP contribution in [0.15, 0.2) is 64.4 Å². The highest BCUT2D eigenvalue weighted by Gasteiger charge is 2.63. The zero-order valence-electron chi connectivity index (χ0n) is 25.5. The van der Waals surface area contributed by atoms with Crippen molar-refractivity contribution in [3.8, 4) is 5.75 Å². The van der Waals surface area contributed by atoms with Crippen molar-refractivity contribution in [2.45, 2.75) is 80.2 Å². The van der Waals surface area contributed by atoms with Crippen LogP contribution in [0.1, 0.15) is 72.8 Å². The molecule has 3 aromatic rings. The van der Waals surface area contributed by atoms with Gasteiger partial charge in [0.2, 0.25) is 18.0 Å². The summed E-state index contributed by atoms with van der Waals surface area (Å²) in [6, 6.07) is 13.8. The van der Waals surface area contributed by atoms with E-state index in [9.17, 15) is 14.4 Å². The number of piperidine rings is 1. The Morgan fingerprint density at radius 1 is 1.13 bits per heavy atom. The third-order valence-electron chi connectivity index (χ3n) is 9.95. The molecule has 0 N–H and O–H groups in total. The lowest BCUT2D eigenvalue weighted by Gasteiger charge is -2.57. The van der Waals surface area contributed by atoms with Crippen molar-refractivity contribution in [1.82, 2.24) is 9.58 Å². The van der Waals surface area contributed by atoms with E-state index in [2.05, 4.69) is 5.01 Å². The minimum Gasteiger partial charge on any atom is -0.451 e. The van der Waals surface area contributed by atoms with Crippen molar-refractivity contribution in [2.75, 3.05) is 18.3 Å². The SMILES string of the molecule is CC(C)OC(=O)OCOc1c2n(ccc1=O)N([C@@H]1c3ccccc3SCc3cccc(F)c31)[C@@H]1[C@H]3C[C@@H]4CC[C@@]3(CCN1C2=O)O4. The number of ether oxygens (including phenoxy) is 4. The Kier molecular flexibility index (Phi) is 7.06. The Hall–Kier alpha value is -4.03. The Bertz CT molecular complexity index is 1800. The summed E-state index contributed by atoms with van der Waals surface area (Å²) < 4.78 is 40.4. The number of hydrogen-bond donors (Lipinski definition) is 0. The monoisotopic (exact) mass is 647 g/mol. The standard InChI is InChI=1S/C34H34FN3O7S/c1-19(2)44-33(41)43-18-42-30-25(39)11-14-37-29(30)32(40)36-15-13-34-12-10-21(45-34)16-23(34)31(36)38(37)28-22-7-3-4-9-26(22)46-17-20-6-5-8-24(35)27(20)28/h3-9,11,14,19,21,23,28,31H,10,12-13,15-18H2,1-2H3/t21-,23+,28+,31+,34-/m0/s1. The van der Waals surface area contributed by atoms with E-state index in [0.29, 0.717) is 24.3 Å². The number of amides is 1. The van der Waals surface area contributed by atoms with E-state index in [1.54, 1.807) is 47.4 Å². The topological polar surface area (TPSA) is 99.5 Å². The summed E-state index contributed by atoms with van der Waals surface area (Å²) in [6.07, 6.45) is 3.18. The molecule has 5 aliphatic rings. The lowest BCUT2D eigenvalue weighted by atomic mass is 9.71. The van der Waals surface area contributed by atoms with Gasteiger partial charge in [0.1, 0.15) is 18.0 Å². The van der Waals surface area contributed by atoms with Gasteiger partial charge in [-0.3, -0.25) is 19.3 Å². The molecule has 10 nitrogen and oxygen atoms in total. The van der Waals surface area contributed by atoms with Crippen molar-refractivity contribution >= 4 is 23.8 Å². The fraction of sp³-hybridized carbons (Fsp3) is 0.441. The van der Waals surface area contributed by atoms with Gasteiger partial charge in [0, 0.05) is 40.9 Å². The highest BCUT2D eigenvalue weighted by Crippen LogP contribution is 2.57. The van der Waals surface area contributed by atoms with Crippen LogP contribution >= 0.6 is 11.8 Å². The minimum absolute atomic E-state index is 0.00290. The molecule has 5 aliphatic heterocycles. The zero-order chi connectivity index (χ0) is 31.7. The molecule has 6 heterocycles. The van der Waals surface area contributed by atoms with Crippen molar-refractivity contribution in [2.24, 2.45) is 5.92 Å². The molecule has 3 saturated heterocycles. The maximum atomic E-state index is 16.2. The first-order chi connectivity index (χ1) is 22.3.